The first kappa shape index (κ1) is 13.5. The minimum Gasteiger partial charge on any atom is -0.493 e. The molecule has 94 valence electrons. The van der Waals surface area contributed by atoms with Gasteiger partial charge in [-0.25, -0.2) is 8.42 Å². The number of sulfone groups is 1. The molecule has 5 nitrogen and oxygen atoms in total. The first-order chi connectivity index (χ1) is 7.99. The van der Waals surface area contributed by atoms with E-state index in [1.807, 2.05) is 6.07 Å². The Balaban J connectivity index is 2.33. The fourth-order valence-corrected chi connectivity index (χ4v) is 2.18. The molecule has 0 unspecified atom stereocenters. The zero-order valence-electron chi connectivity index (χ0n) is 9.20. The number of carboxylic acid groups (broad SMARTS) is 1. The van der Waals surface area contributed by atoms with E-state index in [2.05, 4.69) is 0 Å². The number of carbonyl (C=O) groups is 1. The lowest BCUT2D eigenvalue weighted by molar-refractivity contribution is -0.136. The van der Waals surface area contributed by atoms with Crippen molar-refractivity contribution >= 4 is 15.8 Å². The number of para-hydroxylation sites is 1. The molecule has 1 aromatic carbocycles. The topological polar surface area (TPSA) is 80.7 Å². The maximum absolute atomic E-state index is 11.4. The van der Waals surface area contributed by atoms with E-state index >= 15 is 0 Å². The Bertz CT molecular complexity index is 452. The number of ether oxygens (including phenoxy) is 1. The molecule has 1 aromatic rings. The molecule has 0 amide bonds. The fraction of sp³-hybridized carbons (Fsp3) is 0.364. The molecule has 0 aromatic heterocycles. The van der Waals surface area contributed by atoms with E-state index in [-0.39, 0.29) is 24.5 Å². The Hall–Kier alpha value is -1.56. The smallest absolute Gasteiger partial charge is 0.304 e. The van der Waals surface area contributed by atoms with E-state index in [9.17, 15) is 13.2 Å². The van der Waals surface area contributed by atoms with Crippen LogP contribution in [0.2, 0.25) is 0 Å². The van der Waals surface area contributed by atoms with Gasteiger partial charge in [0.25, 0.3) is 0 Å². The van der Waals surface area contributed by atoms with E-state index < -0.39 is 15.8 Å². The van der Waals surface area contributed by atoms with Crippen LogP contribution in [0.1, 0.15) is 6.42 Å². The van der Waals surface area contributed by atoms with Gasteiger partial charge in [-0.15, -0.1) is 0 Å². The molecule has 0 aliphatic carbocycles. The van der Waals surface area contributed by atoms with Crippen LogP contribution in [0.4, 0.5) is 0 Å². The second kappa shape index (κ2) is 6.24. The van der Waals surface area contributed by atoms with Crippen molar-refractivity contribution in [3.05, 3.63) is 30.3 Å². The average molecular weight is 258 g/mol. The van der Waals surface area contributed by atoms with Crippen LogP contribution < -0.4 is 4.74 Å². The first-order valence-corrected chi connectivity index (χ1v) is 6.92. The molecule has 0 atom stereocenters. The molecule has 17 heavy (non-hydrogen) atoms. The van der Waals surface area contributed by atoms with Crippen LogP contribution in [-0.4, -0.2) is 37.6 Å². The van der Waals surface area contributed by atoms with E-state index in [1.165, 1.54) is 0 Å². The molecule has 0 heterocycles. The third-order valence-electron chi connectivity index (χ3n) is 2.03. The maximum atomic E-state index is 11.4. The highest BCUT2D eigenvalue weighted by atomic mass is 32.2. The minimum absolute atomic E-state index is 0.0337. The highest BCUT2D eigenvalue weighted by Crippen LogP contribution is 2.08. The lowest BCUT2D eigenvalue weighted by Gasteiger charge is -2.06. The van der Waals surface area contributed by atoms with Gasteiger partial charge in [0.05, 0.1) is 17.9 Å². The van der Waals surface area contributed by atoms with Gasteiger partial charge in [-0.2, -0.15) is 0 Å². The quantitative estimate of drug-likeness (QED) is 0.787. The van der Waals surface area contributed by atoms with Crippen LogP contribution in [0, 0.1) is 0 Å². The minimum atomic E-state index is -3.35. The molecule has 1 rings (SSSR count). The number of aliphatic carboxylic acids is 1. The van der Waals surface area contributed by atoms with Crippen LogP contribution in [-0.2, 0) is 14.6 Å². The molecular weight excluding hydrogens is 244 g/mol. The van der Waals surface area contributed by atoms with Gasteiger partial charge in [0, 0.05) is 0 Å². The summed E-state index contributed by atoms with van der Waals surface area (Å²) < 4.78 is 28.0. The number of hydrogen-bond acceptors (Lipinski definition) is 4. The second-order valence-electron chi connectivity index (χ2n) is 3.46. The van der Waals surface area contributed by atoms with Crippen molar-refractivity contribution in [3.63, 3.8) is 0 Å². The summed E-state index contributed by atoms with van der Waals surface area (Å²) in [5.41, 5.74) is 0. The fourth-order valence-electron chi connectivity index (χ4n) is 1.15. The van der Waals surface area contributed by atoms with E-state index in [0.717, 1.165) is 0 Å². The SMILES string of the molecule is O=C(O)CCS(=O)(=O)CCOc1ccccc1. The molecule has 0 aliphatic heterocycles. The van der Waals surface area contributed by atoms with Crippen molar-refractivity contribution in [1.29, 1.82) is 0 Å². The summed E-state index contributed by atoms with van der Waals surface area (Å²) in [4.78, 5) is 10.2. The third kappa shape index (κ3) is 5.91. The van der Waals surface area contributed by atoms with Crippen molar-refractivity contribution in [2.75, 3.05) is 18.1 Å². The molecule has 1 N–H and O–H groups in total. The van der Waals surface area contributed by atoms with E-state index in [0.29, 0.717) is 5.75 Å². The number of rotatable bonds is 7. The third-order valence-corrected chi connectivity index (χ3v) is 3.65. The summed E-state index contributed by atoms with van der Waals surface area (Å²) in [6, 6.07) is 8.85. The molecule has 0 spiro atoms. The Kier molecular flexibility index (Phi) is 4.96. The van der Waals surface area contributed by atoms with Gasteiger partial charge in [0.15, 0.2) is 9.84 Å². The van der Waals surface area contributed by atoms with E-state index in [1.54, 1.807) is 24.3 Å². The number of benzene rings is 1. The van der Waals surface area contributed by atoms with Gasteiger partial charge in [-0.3, -0.25) is 4.79 Å². The molecule has 0 aliphatic rings. The lowest BCUT2D eigenvalue weighted by atomic mass is 10.3. The summed E-state index contributed by atoms with van der Waals surface area (Å²) >= 11 is 0. The standard InChI is InChI=1S/C11H14O5S/c12-11(13)6-8-17(14,15)9-7-16-10-4-2-1-3-5-10/h1-5H,6-9H2,(H,12,13). The summed E-state index contributed by atoms with van der Waals surface area (Å²) in [5, 5.41) is 8.38. The Morgan fingerprint density at radius 2 is 1.82 bits per heavy atom. The Morgan fingerprint density at radius 1 is 1.18 bits per heavy atom. The van der Waals surface area contributed by atoms with Crippen molar-refractivity contribution in [3.8, 4) is 5.75 Å². The molecule has 0 saturated heterocycles. The van der Waals surface area contributed by atoms with Gasteiger partial charge < -0.3 is 9.84 Å². The average Bonchev–Trinajstić information content (AvgIpc) is 2.28. The van der Waals surface area contributed by atoms with Gasteiger partial charge >= 0.3 is 5.97 Å². The van der Waals surface area contributed by atoms with Gasteiger partial charge in [0.1, 0.15) is 12.4 Å². The first-order valence-electron chi connectivity index (χ1n) is 5.10. The van der Waals surface area contributed by atoms with Crippen molar-refractivity contribution in [1.82, 2.24) is 0 Å². The second-order valence-corrected chi connectivity index (χ2v) is 5.76. The van der Waals surface area contributed by atoms with Gasteiger partial charge in [0.2, 0.25) is 0 Å². The zero-order valence-corrected chi connectivity index (χ0v) is 10.0. The molecule has 0 saturated carbocycles. The largest absolute Gasteiger partial charge is 0.493 e. The molecule has 0 radical (unpaired) electrons. The molecule has 6 heteroatoms. The van der Waals surface area contributed by atoms with Crippen LogP contribution >= 0.6 is 0 Å². The monoisotopic (exact) mass is 258 g/mol. The van der Waals surface area contributed by atoms with E-state index in [4.69, 9.17) is 9.84 Å². The summed E-state index contributed by atoms with van der Waals surface area (Å²) in [6.45, 7) is 0.0337. The highest BCUT2D eigenvalue weighted by Gasteiger charge is 2.13. The predicted octanol–water partition coefficient (Wildman–Crippen LogP) is 0.955. The van der Waals surface area contributed by atoms with Gasteiger partial charge in [-0.1, -0.05) is 18.2 Å². The Labute approximate surface area is 100.0 Å². The Morgan fingerprint density at radius 3 is 2.41 bits per heavy atom. The highest BCUT2D eigenvalue weighted by molar-refractivity contribution is 7.91. The lowest BCUT2D eigenvalue weighted by Crippen LogP contribution is -2.18. The predicted molar refractivity (Wildman–Crippen MR) is 62.8 cm³/mol. The number of hydrogen-bond donors (Lipinski definition) is 1. The maximum Gasteiger partial charge on any atom is 0.304 e. The van der Waals surface area contributed by atoms with Crippen molar-refractivity contribution in [2.45, 2.75) is 6.42 Å². The molecular formula is C11H14O5S. The van der Waals surface area contributed by atoms with Crippen LogP contribution in [0.25, 0.3) is 0 Å². The summed E-state index contributed by atoms with van der Waals surface area (Å²) in [6.07, 6.45) is -0.367. The summed E-state index contributed by atoms with van der Waals surface area (Å²) in [5.74, 6) is -1.03. The van der Waals surface area contributed by atoms with Crippen LogP contribution in [0.15, 0.2) is 30.3 Å². The van der Waals surface area contributed by atoms with Crippen LogP contribution in [0.3, 0.4) is 0 Å². The van der Waals surface area contributed by atoms with Gasteiger partial charge in [-0.05, 0) is 12.1 Å². The molecule has 0 fully saturated rings. The van der Waals surface area contributed by atoms with Crippen molar-refractivity contribution in [2.24, 2.45) is 0 Å². The van der Waals surface area contributed by atoms with Crippen LogP contribution in [0.5, 0.6) is 5.75 Å². The molecule has 0 bridgehead atoms. The van der Waals surface area contributed by atoms with Crippen molar-refractivity contribution < 1.29 is 23.1 Å². The zero-order chi connectivity index (χ0) is 12.7. The number of carboxylic acids is 1. The summed E-state index contributed by atoms with van der Waals surface area (Å²) in [7, 11) is -3.35. The normalized spacial score (nSPS) is 11.1.